The van der Waals surface area contributed by atoms with Gasteiger partial charge in [0.25, 0.3) is 0 Å². The molecule has 5 nitrogen and oxygen atoms in total. The molecule has 9 heteroatoms. The first-order valence-electron chi connectivity index (χ1n) is 7.86. The highest BCUT2D eigenvalue weighted by molar-refractivity contribution is 7.89. The molecule has 0 unspecified atom stereocenters. The van der Waals surface area contributed by atoms with Crippen molar-refractivity contribution in [2.75, 3.05) is 38.2 Å². The molecule has 0 radical (unpaired) electrons. The maximum absolute atomic E-state index is 12.9. The monoisotopic (exact) mass is 434 g/mol. The number of sulfonamides is 1. The van der Waals surface area contributed by atoms with Crippen LogP contribution in [0.1, 0.15) is 0 Å². The maximum Gasteiger partial charge on any atom is 0.243 e. The summed E-state index contributed by atoms with van der Waals surface area (Å²) in [6.45, 7) is 1.72. The van der Waals surface area contributed by atoms with Gasteiger partial charge in [-0.1, -0.05) is 34.8 Å². The SMILES string of the molecule is COc1cc(S(=O)(=O)N2CCN(c3cc(Cl)ccc3Cl)CC2)ccc1Cl. The average molecular weight is 436 g/mol. The second-order valence-electron chi connectivity index (χ2n) is 5.78. The van der Waals surface area contributed by atoms with Crippen molar-refractivity contribution < 1.29 is 13.2 Å². The van der Waals surface area contributed by atoms with Crippen molar-refractivity contribution in [1.82, 2.24) is 4.31 Å². The lowest BCUT2D eigenvalue weighted by Crippen LogP contribution is -2.48. The summed E-state index contributed by atoms with van der Waals surface area (Å²) in [6.07, 6.45) is 0. The molecule has 0 spiro atoms. The molecule has 1 aliphatic heterocycles. The van der Waals surface area contributed by atoms with Gasteiger partial charge in [-0.25, -0.2) is 8.42 Å². The van der Waals surface area contributed by atoms with Gasteiger partial charge in [-0.05, 0) is 30.3 Å². The first-order chi connectivity index (χ1) is 12.3. The summed E-state index contributed by atoms with van der Waals surface area (Å²) in [5, 5.41) is 1.55. The zero-order valence-electron chi connectivity index (χ0n) is 14.0. The Labute approximate surface area is 168 Å². The van der Waals surface area contributed by atoms with Gasteiger partial charge < -0.3 is 9.64 Å². The molecule has 0 aromatic heterocycles. The largest absolute Gasteiger partial charge is 0.495 e. The lowest BCUT2D eigenvalue weighted by Gasteiger charge is -2.35. The minimum absolute atomic E-state index is 0.160. The number of benzene rings is 2. The van der Waals surface area contributed by atoms with Crippen molar-refractivity contribution in [1.29, 1.82) is 0 Å². The van der Waals surface area contributed by atoms with E-state index in [1.54, 1.807) is 18.2 Å². The predicted molar refractivity (Wildman–Crippen MR) is 105 cm³/mol. The van der Waals surface area contributed by atoms with Crippen LogP contribution in [0, 0.1) is 0 Å². The molecule has 0 aliphatic carbocycles. The molecule has 0 N–H and O–H groups in total. The Morgan fingerprint density at radius 2 is 1.58 bits per heavy atom. The number of halogens is 3. The first-order valence-corrected chi connectivity index (χ1v) is 10.4. The number of rotatable bonds is 4. The average Bonchev–Trinajstić information content (AvgIpc) is 2.64. The van der Waals surface area contributed by atoms with Gasteiger partial charge in [-0.3, -0.25) is 0 Å². The Balaban J connectivity index is 1.77. The Morgan fingerprint density at radius 3 is 2.23 bits per heavy atom. The molecule has 0 bridgehead atoms. The molecule has 2 aromatic rings. The Morgan fingerprint density at radius 1 is 0.923 bits per heavy atom. The van der Waals surface area contributed by atoms with Crippen LogP contribution in [0.3, 0.4) is 0 Å². The third-order valence-corrected chi connectivity index (χ3v) is 7.01. The molecule has 0 atom stereocenters. The summed E-state index contributed by atoms with van der Waals surface area (Å²) >= 11 is 18.3. The van der Waals surface area contributed by atoms with Gasteiger partial charge in [-0.2, -0.15) is 4.31 Å². The van der Waals surface area contributed by atoms with Crippen LogP contribution in [-0.4, -0.2) is 46.0 Å². The van der Waals surface area contributed by atoms with Crippen LogP contribution in [0.25, 0.3) is 0 Å². The minimum Gasteiger partial charge on any atom is -0.495 e. The topological polar surface area (TPSA) is 49.9 Å². The lowest BCUT2D eigenvalue weighted by molar-refractivity contribution is 0.383. The van der Waals surface area contributed by atoms with Gasteiger partial charge in [0.15, 0.2) is 0 Å². The molecule has 2 aromatic carbocycles. The normalized spacial score (nSPS) is 15.9. The Hall–Kier alpha value is -1.18. The molecule has 1 fully saturated rings. The van der Waals surface area contributed by atoms with E-state index in [1.807, 2.05) is 4.90 Å². The van der Waals surface area contributed by atoms with E-state index in [0.29, 0.717) is 47.0 Å². The summed E-state index contributed by atoms with van der Waals surface area (Å²) in [6, 6.07) is 9.70. The van der Waals surface area contributed by atoms with Crippen LogP contribution in [0.15, 0.2) is 41.3 Å². The van der Waals surface area contributed by atoms with E-state index >= 15 is 0 Å². The zero-order chi connectivity index (χ0) is 18.9. The number of hydrogen-bond acceptors (Lipinski definition) is 4. The van der Waals surface area contributed by atoms with E-state index in [0.717, 1.165) is 5.69 Å². The molecular weight excluding hydrogens is 419 g/mol. The highest BCUT2D eigenvalue weighted by Crippen LogP contribution is 2.32. The fraction of sp³-hybridized carbons (Fsp3) is 0.294. The highest BCUT2D eigenvalue weighted by Gasteiger charge is 2.29. The first kappa shape index (κ1) is 19.6. The minimum atomic E-state index is -3.63. The summed E-state index contributed by atoms with van der Waals surface area (Å²) < 4.78 is 32.4. The number of anilines is 1. The summed E-state index contributed by atoms with van der Waals surface area (Å²) in [5.41, 5.74) is 0.810. The standard InChI is InChI=1S/C17H17Cl3N2O3S/c1-25-17-11-13(3-5-15(17)20)26(23,24)22-8-6-21(7-9-22)16-10-12(18)2-4-14(16)19/h2-5,10-11H,6-9H2,1H3. The van der Waals surface area contributed by atoms with E-state index in [9.17, 15) is 8.42 Å². The van der Waals surface area contributed by atoms with Crippen LogP contribution in [-0.2, 0) is 10.0 Å². The van der Waals surface area contributed by atoms with Gasteiger partial charge in [-0.15, -0.1) is 0 Å². The van der Waals surface area contributed by atoms with Gasteiger partial charge in [0, 0.05) is 37.3 Å². The third kappa shape index (κ3) is 3.89. The van der Waals surface area contributed by atoms with Crippen molar-refractivity contribution in [2.45, 2.75) is 4.90 Å². The molecular formula is C17H17Cl3N2O3S. The zero-order valence-corrected chi connectivity index (χ0v) is 17.0. The molecule has 0 amide bonds. The predicted octanol–water partition coefficient (Wildman–Crippen LogP) is 4.17. The lowest BCUT2D eigenvalue weighted by atomic mass is 10.2. The molecule has 1 saturated heterocycles. The molecule has 26 heavy (non-hydrogen) atoms. The Bertz CT molecular complexity index is 913. The molecule has 1 aliphatic rings. The second-order valence-corrected chi connectivity index (χ2v) is 8.97. The van der Waals surface area contributed by atoms with Crippen molar-refractivity contribution in [3.63, 3.8) is 0 Å². The molecule has 0 saturated carbocycles. The van der Waals surface area contributed by atoms with Crippen molar-refractivity contribution in [2.24, 2.45) is 0 Å². The quantitative estimate of drug-likeness (QED) is 0.723. The van der Waals surface area contributed by atoms with Crippen LogP contribution in [0.5, 0.6) is 5.75 Å². The van der Waals surface area contributed by atoms with Crippen molar-refractivity contribution in [3.8, 4) is 5.75 Å². The molecule has 3 rings (SSSR count). The fourth-order valence-corrected chi connectivity index (χ4v) is 4.88. The van der Waals surface area contributed by atoms with Gasteiger partial charge in [0.05, 0.1) is 27.7 Å². The fourth-order valence-electron chi connectivity index (χ4n) is 2.85. The molecule has 140 valence electrons. The number of ether oxygens (including phenoxy) is 1. The number of methoxy groups -OCH3 is 1. The van der Waals surface area contributed by atoms with E-state index < -0.39 is 10.0 Å². The summed E-state index contributed by atoms with van der Waals surface area (Å²) in [4.78, 5) is 2.19. The van der Waals surface area contributed by atoms with Crippen LogP contribution < -0.4 is 9.64 Å². The van der Waals surface area contributed by atoms with Crippen molar-refractivity contribution >= 4 is 50.5 Å². The van der Waals surface area contributed by atoms with Crippen molar-refractivity contribution in [3.05, 3.63) is 51.5 Å². The number of nitrogens with zero attached hydrogens (tertiary/aromatic N) is 2. The molecule has 1 heterocycles. The van der Waals surface area contributed by atoms with Crippen LogP contribution >= 0.6 is 34.8 Å². The van der Waals surface area contributed by atoms with Gasteiger partial charge in [0.2, 0.25) is 10.0 Å². The third-order valence-electron chi connectivity index (χ3n) is 4.25. The highest BCUT2D eigenvalue weighted by atomic mass is 35.5. The maximum atomic E-state index is 12.9. The number of piperazine rings is 1. The van der Waals surface area contributed by atoms with Gasteiger partial charge in [0.1, 0.15) is 5.75 Å². The van der Waals surface area contributed by atoms with Crippen LogP contribution in [0.2, 0.25) is 15.1 Å². The second kappa shape index (κ2) is 7.82. The van der Waals surface area contributed by atoms with E-state index in [-0.39, 0.29) is 4.90 Å². The van der Waals surface area contributed by atoms with Crippen LogP contribution in [0.4, 0.5) is 5.69 Å². The van der Waals surface area contributed by atoms with E-state index in [2.05, 4.69) is 0 Å². The van der Waals surface area contributed by atoms with Gasteiger partial charge >= 0.3 is 0 Å². The smallest absolute Gasteiger partial charge is 0.243 e. The number of hydrogen-bond donors (Lipinski definition) is 0. The summed E-state index contributed by atoms with van der Waals surface area (Å²) in [7, 11) is -2.18. The van der Waals surface area contributed by atoms with E-state index in [1.165, 1.54) is 29.6 Å². The van der Waals surface area contributed by atoms with E-state index in [4.69, 9.17) is 39.5 Å². The Kier molecular flexibility index (Phi) is 5.89. The summed E-state index contributed by atoms with van der Waals surface area (Å²) in [5.74, 6) is 0.331.